The summed E-state index contributed by atoms with van der Waals surface area (Å²) in [4.78, 5) is 32.7. The van der Waals surface area contributed by atoms with Crippen molar-refractivity contribution in [3.63, 3.8) is 0 Å². The van der Waals surface area contributed by atoms with Gasteiger partial charge in [-0.15, -0.1) is 0 Å². The Bertz CT molecular complexity index is 1380. The van der Waals surface area contributed by atoms with Crippen LogP contribution < -0.4 is 5.32 Å². The largest absolute Gasteiger partial charge is 0.481 e. The lowest BCUT2D eigenvalue weighted by Gasteiger charge is -2.47. The van der Waals surface area contributed by atoms with Crippen LogP contribution in [0.4, 0.5) is 10.2 Å². The number of aromatic nitrogens is 6. The smallest absolute Gasteiger partial charge is 0.308 e. The number of aliphatic carboxylic acids is 1. The number of hydrogen-bond donors (Lipinski definition) is 3. The number of nitrogens with one attached hydrogen (secondary N) is 2. The average Bonchev–Trinajstić information content (AvgIpc) is 3.51. The molecule has 3 aliphatic carbocycles. The molecule has 0 radical (unpaired) electrons. The van der Waals surface area contributed by atoms with Crippen molar-refractivity contribution >= 4 is 34.6 Å². The third-order valence-electron chi connectivity index (χ3n) is 7.08. The Morgan fingerprint density at radius 3 is 2.62 bits per heavy atom. The highest BCUT2D eigenvalue weighted by atomic mass is 35.5. The molecule has 174 valence electrons. The molecule has 2 bridgehead atoms. The van der Waals surface area contributed by atoms with Gasteiger partial charge in [0, 0.05) is 24.6 Å². The van der Waals surface area contributed by atoms with Gasteiger partial charge in [-0.1, -0.05) is 11.6 Å². The Hall–Kier alpha value is -3.53. The van der Waals surface area contributed by atoms with E-state index in [9.17, 15) is 9.90 Å². The van der Waals surface area contributed by atoms with Crippen molar-refractivity contribution < 1.29 is 14.3 Å². The molecule has 3 saturated carbocycles. The van der Waals surface area contributed by atoms with Crippen molar-refractivity contribution in [2.45, 2.75) is 31.7 Å². The lowest BCUT2D eigenvalue weighted by molar-refractivity contribution is -0.148. The number of carboxylic acids is 1. The number of aromatic amines is 1. The van der Waals surface area contributed by atoms with Crippen molar-refractivity contribution in [1.82, 2.24) is 29.5 Å². The summed E-state index contributed by atoms with van der Waals surface area (Å²) in [6.45, 7) is 0. The van der Waals surface area contributed by atoms with Crippen LogP contribution in [0.25, 0.3) is 28.4 Å². The second-order valence-corrected chi connectivity index (χ2v) is 9.31. The molecule has 3 aliphatic rings. The summed E-state index contributed by atoms with van der Waals surface area (Å²) in [5, 5.41) is 13.3. The Kier molecular flexibility index (Phi) is 4.98. The van der Waals surface area contributed by atoms with Gasteiger partial charge in [-0.2, -0.15) is 4.39 Å². The van der Waals surface area contributed by atoms with Crippen LogP contribution in [-0.2, 0) is 4.79 Å². The quantitative estimate of drug-likeness (QED) is 0.388. The van der Waals surface area contributed by atoms with Crippen LogP contribution in [0.3, 0.4) is 0 Å². The fourth-order valence-corrected chi connectivity index (χ4v) is 5.64. The zero-order chi connectivity index (χ0) is 23.4. The van der Waals surface area contributed by atoms with Crippen LogP contribution in [0.2, 0.25) is 5.15 Å². The Balaban J connectivity index is 1.49. The normalized spacial score (nSPS) is 23.9. The molecule has 34 heavy (non-hydrogen) atoms. The third-order valence-corrected chi connectivity index (χ3v) is 7.26. The SMILES string of the molecule is O=C(O)[C@H]1C2CCC(CC2)C1Nc1nc(-c2c[nH]c3ncc(Cl)nc23)nc(-n2cccc2)c1F. The van der Waals surface area contributed by atoms with Gasteiger partial charge in [0.25, 0.3) is 0 Å². The number of hydrogen-bond acceptors (Lipinski definition) is 6. The fourth-order valence-electron chi connectivity index (χ4n) is 5.51. The first-order valence-electron chi connectivity index (χ1n) is 11.2. The number of carboxylic acid groups (broad SMARTS) is 1. The molecule has 0 spiro atoms. The van der Waals surface area contributed by atoms with Crippen LogP contribution >= 0.6 is 11.6 Å². The number of H-pyrrole nitrogens is 1. The molecule has 4 heterocycles. The van der Waals surface area contributed by atoms with Gasteiger partial charge in [0.05, 0.1) is 17.7 Å². The van der Waals surface area contributed by atoms with E-state index in [0.29, 0.717) is 16.7 Å². The summed E-state index contributed by atoms with van der Waals surface area (Å²) in [7, 11) is 0. The van der Waals surface area contributed by atoms with Crippen molar-refractivity contribution in [2.75, 3.05) is 5.32 Å². The molecule has 1 unspecified atom stereocenters. The molecule has 3 fully saturated rings. The van der Waals surface area contributed by atoms with Gasteiger partial charge in [0.2, 0.25) is 5.82 Å². The van der Waals surface area contributed by atoms with E-state index in [1.807, 2.05) is 0 Å². The number of anilines is 1. The van der Waals surface area contributed by atoms with Crippen LogP contribution in [-0.4, -0.2) is 46.6 Å². The molecular formula is C23H21ClFN7O2. The number of carbonyl (C=O) groups is 1. The first-order chi connectivity index (χ1) is 16.5. The Labute approximate surface area is 198 Å². The van der Waals surface area contributed by atoms with E-state index in [1.165, 1.54) is 6.20 Å². The highest BCUT2D eigenvalue weighted by Crippen LogP contribution is 2.46. The highest BCUT2D eigenvalue weighted by Gasteiger charge is 2.47. The lowest BCUT2D eigenvalue weighted by atomic mass is 9.61. The van der Waals surface area contributed by atoms with Gasteiger partial charge in [-0.25, -0.2) is 19.9 Å². The Morgan fingerprint density at radius 2 is 1.88 bits per heavy atom. The number of rotatable bonds is 5. The molecule has 11 heteroatoms. The predicted octanol–water partition coefficient (Wildman–Crippen LogP) is 4.30. The van der Waals surface area contributed by atoms with Gasteiger partial charge in [-0.3, -0.25) is 4.79 Å². The minimum absolute atomic E-state index is 0.0261. The van der Waals surface area contributed by atoms with Gasteiger partial charge < -0.3 is 20.0 Å². The minimum Gasteiger partial charge on any atom is -0.481 e. The standard InChI is InChI=1S/C23H21ClFN7O2/c24-14-10-27-21-18(28-14)13(9-26-21)19-30-20(16(25)22(31-19)32-7-1-2-8-32)29-17-12-5-3-11(4-6-12)15(17)23(33)34/h1-2,7-12,15,17H,3-6H2,(H,26,27)(H,33,34)(H,29,30,31)/t11?,12?,15-,17?/m0/s1. The van der Waals surface area contributed by atoms with Crippen LogP contribution in [0.1, 0.15) is 25.7 Å². The predicted molar refractivity (Wildman–Crippen MR) is 123 cm³/mol. The van der Waals surface area contributed by atoms with Crippen molar-refractivity contribution in [3.05, 3.63) is 47.9 Å². The summed E-state index contributed by atoms with van der Waals surface area (Å²) in [5.41, 5.74) is 1.48. The van der Waals surface area contributed by atoms with E-state index in [0.717, 1.165) is 25.7 Å². The first-order valence-corrected chi connectivity index (χ1v) is 11.6. The number of fused-ring (bicyclic) bond motifs is 4. The molecule has 9 nitrogen and oxygen atoms in total. The van der Waals surface area contributed by atoms with E-state index in [-0.39, 0.29) is 34.4 Å². The van der Waals surface area contributed by atoms with Gasteiger partial charge in [0.15, 0.2) is 23.1 Å². The molecule has 3 N–H and O–H groups in total. The van der Waals surface area contributed by atoms with E-state index < -0.39 is 23.7 Å². The molecule has 2 atom stereocenters. The second-order valence-electron chi connectivity index (χ2n) is 8.93. The van der Waals surface area contributed by atoms with Crippen LogP contribution in [0.5, 0.6) is 0 Å². The molecule has 4 aromatic rings. The summed E-state index contributed by atoms with van der Waals surface area (Å²) in [5.74, 6) is -1.60. The molecule has 4 aromatic heterocycles. The van der Waals surface area contributed by atoms with E-state index in [1.54, 1.807) is 35.3 Å². The monoisotopic (exact) mass is 481 g/mol. The Morgan fingerprint density at radius 1 is 1.15 bits per heavy atom. The first kappa shape index (κ1) is 21.0. The number of halogens is 2. The van der Waals surface area contributed by atoms with Gasteiger partial charge in [-0.05, 0) is 49.7 Å². The summed E-state index contributed by atoms with van der Waals surface area (Å²) >= 11 is 6.05. The molecule has 0 saturated heterocycles. The fraction of sp³-hybridized carbons (Fsp3) is 0.348. The maximum atomic E-state index is 15.7. The second kappa shape index (κ2) is 8.05. The van der Waals surface area contributed by atoms with E-state index in [4.69, 9.17) is 11.6 Å². The summed E-state index contributed by atoms with van der Waals surface area (Å²) < 4.78 is 17.3. The highest BCUT2D eigenvalue weighted by molar-refractivity contribution is 6.29. The zero-order valence-electron chi connectivity index (χ0n) is 17.9. The van der Waals surface area contributed by atoms with Crippen LogP contribution in [0, 0.1) is 23.6 Å². The van der Waals surface area contributed by atoms with Crippen molar-refractivity contribution in [2.24, 2.45) is 17.8 Å². The molecule has 0 amide bonds. The minimum atomic E-state index is -0.853. The summed E-state index contributed by atoms with van der Waals surface area (Å²) in [6.07, 6.45) is 10.1. The van der Waals surface area contributed by atoms with E-state index in [2.05, 4.69) is 30.2 Å². The molecular weight excluding hydrogens is 461 g/mol. The molecule has 7 rings (SSSR count). The maximum Gasteiger partial charge on any atom is 0.308 e. The van der Waals surface area contributed by atoms with Crippen molar-refractivity contribution in [1.29, 1.82) is 0 Å². The lowest BCUT2D eigenvalue weighted by Crippen LogP contribution is -2.51. The third kappa shape index (κ3) is 3.40. The van der Waals surface area contributed by atoms with Gasteiger partial charge >= 0.3 is 5.97 Å². The maximum absolute atomic E-state index is 15.7. The topological polar surface area (TPSA) is 122 Å². The number of nitrogens with zero attached hydrogens (tertiary/aromatic N) is 5. The molecule has 0 aromatic carbocycles. The van der Waals surface area contributed by atoms with Crippen LogP contribution in [0.15, 0.2) is 36.9 Å². The zero-order valence-corrected chi connectivity index (χ0v) is 18.7. The summed E-state index contributed by atoms with van der Waals surface area (Å²) in [6, 6.07) is 3.13. The average molecular weight is 482 g/mol. The van der Waals surface area contributed by atoms with Crippen molar-refractivity contribution in [3.8, 4) is 17.2 Å². The van der Waals surface area contributed by atoms with Gasteiger partial charge in [0.1, 0.15) is 10.7 Å². The van der Waals surface area contributed by atoms with E-state index >= 15 is 4.39 Å². The molecule has 0 aliphatic heterocycles.